The lowest BCUT2D eigenvalue weighted by molar-refractivity contribution is -0.0454. The number of rotatable bonds is 8. The van der Waals surface area contributed by atoms with Crippen molar-refractivity contribution in [3.63, 3.8) is 0 Å². The molecule has 0 radical (unpaired) electrons. The van der Waals surface area contributed by atoms with Crippen molar-refractivity contribution in [3.05, 3.63) is 18.0 Å². The van der Waals surface area contributed by atoms with Gasteiger partial charge in [0.25, 0.3) is 0 Å². The van der Waals surface area contributed by atoms with Crippen LogP contribution in [0.15, 0.2) is 12.4 Å². The van der Waals surface area contributed by atoms with Gasteiger partial charge in [0.05, 0.1) is 11.8 Å². The van der Waals surface area contributed by atoms with Crippen LogP contribution in [0.2, 0.25) is 0 Å². The number of nitrogens with zero attached hydrogens (tertiary/aromatic N) is 2. The summed E-state index contributed by atoms with van der Waals surface area (Å²) in [5.41, 5.74) is 1.17. The molecule has 0 aliphatic heterocycles. The van der Waals surface area contributed by atoms with Crippen molar-refractivity contribution >= 4 is 0 Å². The van der Waals surface area contributed by atoms with Gasteiger partial charge in [-0.3, -0.25) is 4.68 Å². The van der Waals surface area contributed by atoms with Gasteiger partial charge in [0, 0.05) is 25.9 Å². The minimum absolute atomic E-state index is 0.0942. The lowest BCUT2D eigenvalue weighted by Gasteiger charge is -2.38. The maximum atomic E-state index is 5.80. The molecule has 1 atom stereocenters. The molecule has 104 valence electrons. The number of nitrogens with one attached hydrogen (secondary N) is 1. The molecule has 0 amide bonds. The van der Waals surface area contributed by atoms with Gasteiger partial charge in [0.1, 0.15) is 0 Å². The van der Waals surface area contributed by atoms with E-state index in [-0.39, 0.29) is 5.60 Å². The maximum absolute atomic E-state index is 5.80. The molecular formula is C14H27N3O. The largest absolute Gasteiger partial charge is 0.377 e. The van der Waals surface area contributed by atoms with Crippen LogP contribution >= 0.6 is 0 Å². The molecule has 1 heterocycles. The molecule has 0 aliphatic rings. The number of hydrogen-bond acceptors (Lipinski definition) is 3. The van der Waals surface area contributed by atoms with Crippen LogP contribution in [0.5, 0.6) is 0 Å². The van der Waals surface area contributed by atoms with E-state index in [1.165, 1.54) is 5.56 Å². The minimum Gasteiger partial charge on any atom is -0.377 e. The Morgan fingerprint density at radius 1 is 1.39 bits per heavy atom. The molecule has 0 fully saturated rings. The number of aromatic nitrogens is 2. The summed E-state index contributed by atoms with van der Waals surface area (Å²) >= 11 is 0. The van der Waals surface area contributed by atoms with E-state index in [0.717, 1.165) is 25.8 Å². The van der Waals surface area contributed by atoms with Crippen LogP contribution in [-0.2, 0) is 17.7 Å². The third kappa shape index (κ3) is 3.12. The Balaban J connectivity index is 2.82. The second kappa shape index (κ2) is 6.90. The number of likely N-dealkylation sites (N-methyl/N-ethyl adjacent to an activating group) is 1. The average Bonchev–Trinajstić information content (AvgIpc) is 2.87. The molecule has 1 N–H and O–H groups in total. The zero-order valence-electron chi connectivity index (χ0n) is 12.4. The number of ether oxygens (including phenoxy) is 1. The van der Waals surface area contributed by atoms with Gasteiger partial charge in [0.15, 0.2) is 0 Å². The molecule has 18 heavy (non-hydrogen) atoms. The lowest BCUT2D eigenvalue weighted by Crippen LogP contribution is -2.51. The molecule has 0 spiro atoms. The Kier molecular flexibility index (Phi) is 5.82. The van der Waals surface area contributed by atoms with Gasteiger partial charge < -0.3 is 10.1 Å². The molecule has 0 saturated heterocycles. The van der Waals surface area contributed by atoms with E-state index in [1.54, 1.807) is 0 Å². The van der Waals surface area contributed by atoms with E-state index in [9.17, 15) is 0 Å². The highest BCUT2D eigenvalue weighted by molar-refractivity contribution is 5.09. The van der Waals surface area contributed by atoms with Gasteiger partial charge in [-0.25, -0.2) is 0 Å². The van der Waals surface area contributed by atoms with Crippen molar-refractivity contribution in [3.8, 4) is 0 Å². The first-order valence-corrected chi connectivity index (χ1v) is 6.89. The highest BCUT2D eigenvalue weighted by Gasteiger charge is 2.34. The average molecular weight is 253 g/mol. The Hall–Kier alpha value is -0.870. The number of hydrogen-bond donors (Lipinski definition) is 1. The zero-order valence-corrected chi connectivity index (χ0v) is 12.4. The summed E-state index contributed by atoms with van der Waals surface area (Å²) in [5, 5.41) is 7.74. The van der Waals surface area contributed by atoms with Crippen molar-refractivity contribution < 1.29 is 4.74 Å². The van der Waals surface area contributed by atoms with Crippen LogP contribution in [-0.4, -0.2) is 35.6 Å². The minimum atomic E-state index is -0.0942. The highest BCUT2D eigenvalue weighted by atomic mass is 16.5. The van der Waals surface area contributed by atoms with E-state index in [0.29, 0.717) is 6.04 Å². The standard InChI is InChI=1S/C14H27N3O/c1-6-14(7-2,18-5)13(15-4)9-12-10-16-17(8-3)11-12/h10-11,13,15H,6-9H2,1-5H3. The summed E-state index contributed by atoms with van der Waals surface area (Å²) in [6, 6.07) is 0.312. The van der Waals surface area contributed by atoms with Crippen LogP contribution in [0.3, 0.4) is 0 Å². The predicted octanol–water partition coefficient (Wildman–Crippen LogP) is 2.24. The van der Waals surface area contributed by atoms with Crippen molar-refractivity contribution in [1.82, 2.24) is 15.1 Å². The summed E-state index contributed by atoms with van der Waals surface area (Å²) in [6.07, 6.45) is 7.04. The zero-order chi connectivity index (χ0) is 13.6. The van der Waals surface area contributed by atoms with Gasteiger partial charge in [-0.05, 0) is 38.8 Å². The maximum Gasteiger partial charge on any atom is 0.0828 e. The molecule has 1 rings (SSSR count). The summed E-state index contributed by atoms with van der Waals surface area (Å²) < 4.78 is 7.77. The van der Waals surface area contributed by atoms with Crippen LogP contribution in [0, 0.1) is 0 Å². The Morgan fingerprint density at radius 3 is 2.44 bits per heavy atom. The molecule has 4 nitrogen and oxygen atoms in total. The molecule has 1 aromatic rings. The lowest BCUT2D eigenvalue weighted by atomic mass is 9.85. The van der Waals surface area contributed by atoms with Gasteiger partial charge in [-0.2, -0.15) is 5.10 Å². The van der Waals surface area contributed by atoms with Crippen LogP contribution in [0.25, 0.3) is 0 Å². The smallest absolute Gasteiger partial charge is 0.0828 e. The molecular weight excluding hydrogens is 226 g/mol. The number of methoxy groups -OCH3 is 1. The summed E-state index contributed by atoms with van der Waals surface area (Å²) in [4.78, 5) is 0. The normalized spacial score (nSPS) is 13.8. The topological polar surface area (TPSA) is 39.1 Å². The van der Waals surface area contributed by atoms with Crippen molar-refractivity contribution in [2.45, 2.75) is 58.2 Å². The third-order valence-electron chi connectivity index (χ3n) is 4.04. The predicted molar refractivity (Wildman–Crippen MR) is 74.8 cm³/mol. The van der Waals surface area contributed by atoms with Crippen molar-refractivity contribution in [1.29, 1.82) is 0 Å². The summed E-state index contributed by atoms with van der Waals surface area (Å²) in [6.45, 7) is 7.39. The Labute approximate surface area is 111 Å². The Bertz CT molecular complexity index is 336. The molecule has 0 aromatic carbocycles. The fourth-order valence-electron chi connectivity index (χ4n) is 2.65. The second-order valence-corrected chi connectivity index (χ2v) is 4.73. The monoisotopic (exact) mass is 253 g/mol. The van der Waals surface area contributed by atoms with E-state index < -0.39 is 0 Å². The van der Waals surface area contributed by atoms with Gasteiger partial charge in [0.2, 0.25) is 0 Å². The highest BCUT2D eigenvalue weighted by Crippen LogP contribution is 2.26. The van der Waals surface area contributed by atoms with E-state index >= 15 is 0 Å². The SMILES string of the molecule is CCn1cc(CC(NC)C(CC)(CC)OC)cn1. The molecule has 0 aliphatic carbocycles. The van der Waals surface area contributed by atoms with E-state index in [1.807, 2.05) is 25.0 Å². The van der Waals surface area contributed by atoms with Crippen LogP contribution in [0.4, 0.5) is 0 Å². The quantitative estimate of drug-likeness (QED) is 0.772. The Morgan fingerprint density at radius 2 is 2.06 bits per heavy atom. The van der Waals surface area contributed by atoms with Crippen LogP contribution in [0.1, 0.15) is 39.2 Å². The second-order valence-electron chi connectivity index (χ2n) is 4.73. The fraction of sp³-hybridized carbons (Fsp3) is 0.786. The summed E-state index contributed by atoms with van der Waals surface area (Å²) in [7, 11) is 3.82. The van der Waals surface area contributed by atoms with E-state index in [4.69, 9.17) is 4.74 Å². The van der Waals surface area contributed by atoms with Crippen LogP contribution < -0.4 is 5.32 Å². The van der Waals surface area contributed by atoms with Gasteiger partial charge in [-0.1, -0.05) is 13.8 Å². The molecule has 0 saturated carbocycles. The van der Waals surface area contributed by atoms with Crippen molar-refractivity contribution in [2.75, 3.05) is 14.2 Å². The summed E-state index contributed by atoms with van der Waals surface area (Å²) in [5.74, 6) is 0. The third-order valence-corrected chi connectivity index (χ3v) is 4.04. The van der Waals surface area contributed by atoms with Gasteiger partial charge >= 0.3 is 0 Å². The van der Waals surface area contributed by atoms with Crippen molar-refractivity contribution in [2.24, 2.45) is 0 Å². The first-order chi connectivity index (χ1) is 8.65. The fourth-order valence-corrected chi connectivity index (χ4v) is 2.65. The first kappa shape index (κ1) is 15.2. The first-order valence-electron chi connectivity index (χ1n) is 6.89. The molecule has 4 heteroatoms. The number of aryl methyl sites for hydroxylation is 1. The van der Waals surface area contributed by atoms with E-state index in [2.05, 4.69) is 37.4 Å². The van der Waals surface area contributed by atoms with Gasteiger partial charge in [-0.15, -0.1) is 0 Å². The molecule has 0 bridgehead atoms. The molecule has 1 aromatic heterocycles. The molecule has 1 unspecified atom stereocenters.